The number of likely N-dealkylation sites (N-methyl/N-ethyl adjacent to an activating group) is 1. The summed E-state index contributed by atoms with van der Waals surface area (Å²) < 4.78 is 0. The van der Waals surface area contributed by atoms with Gasteiger partial charge in [-0.25, -0.2) is 4.98 Å². The first-order valence-corrected chi connectivity index (χ1v) is 5.94. The molecule has 90 valence electrons. The number of nitrogens with zero attached hydrogens (tertiary/aromatic N) is 3. The zero-order valence-corrected chi connectivity index (χ0v) is 10.1. The molecule has 1 aliphatic carbocycles. The smallest absolute Gasteiger partial charge is 0.142 e. The first-order valence-electron chi connectivity index (χ1n) is 5.94. The minimum absolute atomic E-state index is 0.410. The summed E-state index contributed by atoms with van der Waals surface area (Å²) in [6, 6.07) is 7.38. The number of hydrogen-bond acceptors (Lipinski definition) is 4. The van der Waals surface area contributed by atoms with Gasteiger partial charge >= 0.3 is 0 Å². The van der Waals surface area contributed by atoms with E-state index >= 15 is 0 Å². The molecule has 1 fully saturated rings. The Morgan fingerprint density at radius 2 is 2.18 bits per heavy atom. The molecule has 1 aromatic rings. The molecule has 0 unspecified atom stereocenters. The molecule has 1 aromatic heterocycles. The zero-order valence-electron chi connectivity index (χ0n) is 10.1. The lowest BCUT2D eigenvalue weighted by Gasteiger charge is -2.29. The summed E-state index contributed by atoms with van der Waals surface area (Å²) in [6.07, 6.45) is 3.90. The molecule has 0 saturated heterocycles. The highest BCUT2D eigenvalue weighted by Crippen LogP contribution is 2.30. The second kappa shape index (κ2) is 4.72. The maximum absolute atomic E-state index is 10.3. The molecular formula is C13H17N3O. The van der Waals surface area contributed by atoms with Crippen LogP contribution in [0.25, 0.3) is 0 Å². The SMILES string of the molecule is CN(CC1(O)CCCC1)c1cccc(C#N)n1. The highest BCUT2D eigenvalue weighted by molar-refractivity contribution is 5.41. The van der Waals surface area contributed by atoms with Crippen molar-refractivity contribution >= 4 is 5.82 Å². The summed E-state index contributed by atoms with van der Waals surface area (Å²) >= 11 is 0. The molecule has 0 radical (unpaired) electrons. The van der Waals surface area contributed by atoms with Crippen LogP contribution in [-0.4, -0.2) is 29.3 Å². The van der Waals surface area contributed by atoms with Gasteiger partial charge in [-0.2, -0.15) is 5.26 Å². The maximum Gasteiger partial charge on any atom is 0.142 e. The summed E-state index contributed by atoms with van der Waals surface area (Å²) in [6.45, 7) is 0.578. The Kier molecular flexibility index (Phi) is 3.30. The average Bonchev–Trinajstić information content (AvgIpc) is 2.76. The highest BCUT2D eigenvalue weighted by Gasteiger charge is 2.32. The predicted octanol–water partition coefficient (Wildman–Crippen LogP) is 1.69. The highest BCUT2D eigenvalue weighted by atomic mass is 16.3. The summed E-state index contributed by atoms with van der Waals surface area (Å²) in [5, 5.41) is 19.1. The third-order valence-corrected chi connectivity index (χ3v) is 3.31. The molecular weight excluding hydrogens is 214 g/mol. The topological polar surface area (TPSA) is 60.1 Å². The van der Waals surface area contributed by atoms with Crippen molar-refractivity contribution in [3.05, 3.63) is 23.9 Å². The van der Waals surface area contributed by atoms with Crippen LogP contribution in [0.5, 0.6) is 0 Å². The van der Waals surface area contributed by atoms with Gasteiger partial charge in [-0.05, 0) is 25.0 Å². The number of hydrogen-bond donors (Lipinski definition) is 1. The van der Waals surface area contributed by atoms with E-state index in [0.29, 0.717) is 12.2 Å². The van der Waals surface area contributed by atoms with E-state index in [4.69, 9.17) is 5.26 Å². The quantitative estimate of drug-likeness (QED) is 0.860. The number of aliphatic hydroxyl groups is 1. The van der Waals surface area contributed by atoms with Gasteiger partial charge in [0.05, 0.1) is 5.60 Å². The van der Waals surface area contributed by atoms with Gasteiger partial charge in [-0.1, -0.05) is 18.9 Å². The molecule has 1 N–H and O–H groups in total. The number of aromatic nitrogens is 1. The molecule has 2 rings (SSSR count). The Morgan fingerprint density at radius 3 is 2.82 bits per heavy atom. The average molecular weight is 231 g/mol. The van der Waals surface area contributed by atoms with E-state index in [-0.39, 0.29) is 0 Å². The second-order valence-corrected chi connectivity index (χ2v) is 4.78. The van der Waals surface area contributed by atoms with Gasteiger partial charge < -0.3 is 10.0 Å². The predicted molar refractivity (Wildman–Crippen MR) is 65.6 cm³/mol. The maximum atomic E-state index is 10.3. The fourth-order valence-corrected chi connectivity index (χ4v) is 2.41. The fourth-order valence-electron chi connectivity index (χ4n) is 2.41. The van der Waals surface area contributed by atoms with Gasteiger partial charge in [-0.15, -0.1) is 0 Å². The Balaban J connectivity index is 2.09. The normalized spacial score (nSPS) is 17.7. The van der Waals surface area contributed by atoms with Gasteiger partial charge in [0.15, 0.2) is 0 Å². The molecule has 1 saturated carbocycles. The van der Waals surface area contributed by atoms with Crippen molar-refractivity contribution in [3.8, 4) is 6.07 Å². The Labute approximate surface area is 102 Å². The van der Waals surface area contributed by atoms with E-state index < -0.39 is 5.60 Å². The van der Waals surface area contributed by atoms with Gasteiger partial charge in [0.25, 0.3) is 0 Å². The lowest BCUT2D eigenvalue weighted by atomic mass is 10.0. The van der Waals surface area contributed by atoms with E-state index in [1.807, 2.05) is 30.1 Å². The summed E-state index contributed by atoms with van der Waals surface area (Å²) in [5.41, 5.74) is -0.174. The van der Waals surface area contributed by atoms with Crippen LogP contribution < -0.4 is 4.90 Å². The fraction of sp³-hybridized carbons (Fsp3) is 0.538. The van der Waals surface area contributed by atoms with Crippen molar-refractivity contribution in [3.63, 3.8) is 0 Å². The summed E-state index contributed by atoms with van der Waals surface area (Å²) in [4.78, 5) is 6.14. The molecule has 4 heteroatoms. The molecule has 0 bridgehead atoms. The van der Waals surface area contributed by atoms with Gasteiger partial charge in [0, 0.05) is 13.6 Å². The number of anilines is 1. The van der Waals surface area contributed by atoms with E-state index in [9.17, 15) is 5.11 Å². The first kappa shape index (κ1) is 11.9. The van der Waals surface area contributed by atoms with Crippen LogP contribution in [-0.2, 0) is 0 Å². The molecule has 0 spiro atoms. The lowest BCUT2D eigenvalue weighted by Crippen LogP contribution is -2.39. The molecule has 0 amide bonds. The summed E-state index contributed by atoms with van der Waals surface area (Å²) in [7, 11) is 1.90. The molecule has 0 aliphatic heterocycles. The van der Waals surface area contributed by atoms with Crippen molar-refractivity contribution in [2.75, 3.05) is 18.5 Å². The van der Waals surface area contributed by atoms with Gasteiger partial charge in [0.2, 0.25) is 0 Å². The van der Waals surface area contributed by atoms with Gasteiger partial charge in [0.1, 0.15) is 17.6 Å². The van der Waals surface area contributed by atoms with Crippen LogP contribution in [0.4, 0.5) is 5.82 Å². The number of pyridine rings is 1. The van der Waals surface area contributed by atoms with E-state index in [0.717, 1.165) is 31.5 Å². The molecule has 1 heterocycles. The van der Waals surface area contributed by atoms with Crippen LogP contribution in [0.3, 0.4) is 0 Å². The molecule has 1 aliphatic rings. The largest absolute Gasteiger partial charge is 0.388 e. The monoisotopic (exact) mass is 231 g/mol. The van der Waals surface area contributed by atoms with Crippen LogP contribution >= 0.6 is 0 Å². The van der Waals surface area contributed by atoms with Crippen LogP contribution in [0.15, 0.2) is 18.2 Å². The van der Waals surface area contributed by atoms with Crippen molar-refractivity contribution < 1.29 is 5.11 Å². The second-order valence-electron chi connectivity index (χ2n) is 4.78. The molecule has 0 aromatic carbocycles. The molecule has 17 heavy (non-hydrogen) atoms. The third kappa shape index (κ3) is 2.75. The van der Waals surface area contributed by atoms with Crippen molar-refractivity contribution in [1.29, 1.82) is 5.26 Å². The molecule has 0 atom stereocenters. The van der Waals surface area contributed by atoms with Crippen LogP contribution in [0.1, 0.15) is 31.4 Å². The Hall–Kier alpha value is -1.60. The van der Waals surface area contributed by atoms with Crippen LogP contribution in [0, 0.1) is 11.3 Å². The minimum atomic E-state index is -0.584. The van der Waals surface area contributed by atoms with Crippen molar-refractivity contribution in [2.45, 2.75) is 31.3 Å². The standard InChI is InChI=1S/C13H17N3O/c1-16(10-13(17)7-2-3-8-13)12-6-4-5-11(9-14)15-12/h4-6,17H,2-3,7-8,10H2,1H3. The van der Waals surface area contributed by atoms with Gasteiger partial charge in [-0.3, -0.25) is 0 Å². The van der Waals surface area contributed by atoms with E-state index in [2.05, 4.69) is 4.98 Å². The number of rotatable bonds is 3. The Morgan fingerprint density at radius 1 is 1.47 bits per heavy atom. The Bertz CT molecular complexity index is 433. The lowest BCUT2D eigenvalue weighted by molar-refractivity contribution is 0.0558. The van der Waals surface area contributed by atoms with E-state index in [1.54, 1.807) is 6.07 Å². The van der Waals surface area contributed by atoms with E-state index in [1.165, 1.54) is 0 Å². The zero-order chi connectivity index (χ0) is 12.3. The molecule has 4 nitrogen and oxygen atoms in total. The third-order valence-electron chi connectivity index (χ3n) is 3.31. The number of nitriles is 1. The summed E-state index contributed by atoms with van der Waals surface area (Å²) in [5.74, 6) is 0.740. The van der Waals surface area contributed by atoms with Crippen LogP contribution in [0.2, 0.25) is 0 Å². The minimum Gasteiger partial charge on any atom is -0.388 e. The van der Waals surface area contributed by atoms with Crippen molar-refractivity contribution in [2.24, 2.45) is 0 Å². The van der Waals surface area contributed by atoms with Crippen molar-refractivity contribution in [1.82, 2.24) is 4.98 Å². The first-order chi connectivity index (χ1) is 8.13.